The predicted octanol–water partition coefficient (Wildman–Crippen LogP) is 5.02. The van der Waals surface area contributed by atoms with Crippen molar-refractivity contribution in [1.82, 2.24) is 14.9 Å². The lowest BCUT2D eigenvalue weighted by Crippen LogP contribution is -2.17. The van der Waals surface area contributed by atoms with E-state index in [1.807, 2.05) is 6.07 Å². The van der Waals surface area contributed by atoms with Gasteiger partial charge in [0.25, 0.3) is 0 Å². The molecule has 0 saturated carbocycles. The van der Waals surface area contributed by atoms with Crippen molar-refractivity contribution < 1.29 is 13.9 Å². The summed E-state index contributed by atoms with van der Waals surface area (Å²) in [6.45, 7) is 2.58. The van der Waals surface area contributed by atoms with E-state index in [9.17, 15) is 4.39 Å². The number of aromatic nitrogens is 3. The third-order valence-corrected chi connectivity index (χ3v) is 4.83. The Morgan fingerprint density at radius 1 is 1.31 bits per heavy atom. The zero-order chi connectivity index (χ0) is 20.8. The van der Waals surface area contributed by atoms with Gasteiger partial charge in [-0.25, -0.2) is 9.07 Å². The molecule has 3 rings (SSSR count). The molecule has 3 aromatic rings. The number of nitrogens with zero attached hydrogens (tertiary/aromatic N) is 2. The fourth-order valence-corrected chi connectivity index (χ4v) is 3.34. The molecule has 0 aliphatic rings. The number of rotatable bonds is 9. The van der Waals surface area contributed by atoms with Crippen molar-refractivity contribution in [2.45, 2.75) is 32.9 Å². The van der Waals surface area contributed by atoms with E-state index in [0.717, 1.165) is 24.2 Å². The largest absolute Gasteiger partial charge is 0.493 e. The fraction of sp³-hybridized carbons (Fsp3) is 0.300. The van der Waals surface area contributed by atoms with Gasteiger partial charge in [0, 0.05) is 12.0 Å². The number of hydrogen-bond acceptors (Lipinski definition) is 5. The van der Waals surface area contributed by atoms with E-state index >= 15 is 0 Å². The van der Waals surface area contributed by atoms with Crippen LogP contribution in [0.25, 0.3) is 0 Å². The summed E-state index contributed by atoms with van der Waals surface area (Å²) < 4.78 is 27.3. The number of nitrogens with one attached hydrogen (secondary N) is 2. The lowest BCUT2D eigenvalue weighted by atomic mass is 10.2. The minimum absolute atomic E-state index is 0.0465. The minimum atomic E-state index is -0.330. The van der Waals surface area contributed by atoms with Gasteiger partial charge in [0.05, 0.1) is 18.7 Å². The van der Waals surface area contributed by atoms with Crippen molar-refractivity contribution in [3.8, 4) is 11.5 Å². The van der Waals surface area contributed by atoms with Gasteiger partial charge in [-0.1, -0.05) is 36.7 Å². The lowest BCUT2D eigenvalue weighted by molar-refractivity contribution is 0.280. The molecule has 29 heavy (non-hydrogen) atoms. The van der Waals surface area contributed by atoms with Crippen LogP contribution in [0.4, 0.5) is 4.39 Å². The van der Waals surface area contributed by atoms with Gasteiger partial charge in [-0.3, -0.25) is 5.10 Å². The summed E-state index contributed by atoms with van der Waals surface area (Å²) in [5, 5.41) is 7.39. The lowest BCUT2D eigenvalue weighted by Gasteiger charge is -2.15. The Bertz CT molecular complexity index is 1040. The first-order chi connectivity index (χ1) is 14.0. The van der Waals surface area contributed by atoms with Crippen molar-refractivity contribution in [2.24, 2.45) is 0 Å². The summed E-state index contributed by atoms with van der Waals surface area (Å²) in [7, 11) is 1.53. The number of ether oxygens (including phenoxy) is 2. The van der Waals surface area contributed by atoms with Crippen molar-refractivity contribution >= 4 is 23.8 Å². The van der Waals surface area contributed by atoms with E-state index < -0.39 is 0 Å². The molecule has 0 aliphatic carbocycles. The van der Waals surface area contributed by atoms with Crippen molar-refractivity contribution in [3.05, 3.63) is 69.0 Å². The van der Waals surface area contributed by atoms with Gasteiger partial charge in [-0.05, 0) is 42.4 Å². The average Bonchev–Trinajstić information content (AvgIpc) is 3.06. The molecule has 6 nitrogen and oxygen atoms in total. The number of aryl methyl sites for hydroxylation is 1. The Hall–Kier alpha value is -2.58. The number of methoxy groups -OCH3 is 1. The SMILES string of the molecule is CCCc1n[nH]c(=S)n1NCc1cc(Cl)c(OCc2ccccc2F)c(OC)c1. The van der Waals surface area contributed by atoms with Gasteiger partial charge >= 0.3 is 0 Å². The molecule has 2 N–H and O–H groups in total. The molecule has 9 heteroatoms. The van der Waals surface area contributed by atoms with Gasteiger partial charge in [0.1, 0.15) is 12.4 Å². The summed E-state index contributed by atoms with van der Waals surface area (Å²) in [5.41, 5.74) is 4.55. The van der Waals surface area contributed by atoms with E-state index in [4.69, 9.17) is 33.3 Å². The first-order valence-electron chi connectivity index (χ1n) is 9.16. The molecule has 2 aromatic carbocycles. The van der Waals surface area contributed by atoms with Crippen LogP contribution in [0.5, 0.6) is 11.5 Å². The van der Waals surface area contributed by atoms with Crippen molar-refractivity contribution in [3.63, 3.8) is 0 Å². The fourth-order valence-electron chi connectivity index (χ4n) is 2.84. The summed E-state index contributed by atoms with van der Waals surface area (Å²) in [5.74, 6) is 1.34. The van der Waals surface area contributed by atoms with Crippen LogP contribution in [0.1, 0.15) is 30.3 Å². The molecular weight excluding hydrogens is 415 g/mol. The van der Waals surface area contributed by atoms with Crippen LogP contribution in [0.2, 0.25) is 5.02 Å². The minimum Gasteiger partial charge on any atom is -0.493 e. The van der Waals surface area contributed by atoms with Crippen LogP contribution in [-0.2, 0) is 19.6 Å². The standard InChI is InChI=1S/C20H22ClFN4O2S/c1-3-6-18-24-25-20(29)26(18)23-11-13-9-15(21)19(17(10-13)27-2)28-12-14-7-4-5-8-16(14)22/h4-5,7-10,23H,3,6,11-12H2,1-2H3,(H,25,29). The smallest absolute Gasteiger partial charge is 0.214 e. The van der Waals surface area contributed by atoms with Gasteiger partial charge < -0.3 is 14.9 Å². The third-order valence-electron chi connectivity index (χ3n) is 4.28. The zero-order valence-electron chi connectivity index (χ0n) is 16.2. The number of H-pyrrole nitrogens is 1. The summed E-state index contributed by atoms with van der Waals surface area (Å²) in [6.07, 6.45) is 1.75. The van der Waals surface area contributed by atoms with Crippen molar-refractivity contribution in [1.29, 1.82) is 0 Å². The Labute approximate surface area is 178 Å². The highest BCUT2D eigenvalue weighted by molar-refractivity contribution is 7.71. The monoisotopic (exact) mass is 436 g/mol. The molecule has 0 amide bonds. The highest BCUT2D eigenvalue weighted by Gasteiger charge is 2.14. The summed E-state index contributed by atoms with van der Waals surface area (Å²) >= 11 is 11.7. The highest BCUT2D eigenvalue weighted by Crippen LogP contribution is 2.37. The second kappa shape index (κ2) is 9.76. The maximum Gasteiger partial charge on any atom is 0.214 e. The number of benzene rings is 2. The molecule has 0 atom stereocenters. The van der Waals surface area contributed by atoms with Crippen molar-refractivity contribution in [2.75, 3.05) is 12.5 Å². The summed E-state index contributed by atoms with van der Waals surface area (Å²) in [4.78, 5) is 0. The molecular formula is C20H22ClFN4O2S. The topological polar surface area (TPSA) is 64.1 Å². The van der Waals surface area contributed by atoms with E-state index in [1.54, 1.807) is 28.9 Å². The maximum atomic E-state index is 13.8. The zero-order valence-corrected chi connectivity index (χ0v) is 17.7. The molecule has 0 bridgehead atoms. The molecule has 0 unspecified atom stereocenters. The Morgan fingerprint density at radius 2 is 2.10 bits per heavy atom. The van der Waals surface area contributed by atoms with Gasteiger partial charge in [0.15, 0.2) is 17.3 Å². The molecule has 154 valence electrons. The first-order valence-corrected chi connectivity index (χ1v) is 9.94. The van der Waals surface area contributed by atoms with Crippen LogP contribution in [0.15, 0.2) is 36.4 Å². The van der Waals surface area contributed by atoms with E-state index in [2.05, 4.69) is 22.5 Å². The van der Waals surface area contributed by atoms with Crippen LogP contribution in [-0.4, -0.2) is 22.0 Å². The predicted molar refractivity (Wildman–Crippen MR) is 113 cm³/mol. The average molecular weight is 437 g/mol. The number of hydrogen-bond donors (Lipinski definition) is 2. The normalized spacial score (nSPS) is 10.8. The molecule has 0 saturated heterocycles. The maximum absolute atomic E-state index is 13.8. The second-order valence-electron chi connectivity index (χ2n) is 6.35. The van der Waals surface area contributed by atoms with Gasteiger partial charge in [0.2, 0.25) is 4.77 Å². The molecule has 0 spiro atoms. The van der Waals surface area contributed by atoms with Gasteiger partial charge in [-0.2, -0.15) is 5.10 Å². The van der Waals surface area contributed by atoms with Crippen LogP contribution in [0.3, 0.4) is 0 Å². The molecule has 0 fully saturated rings. The van der Waals surface area contributed by atoms with Crippen LogP contribution < -0.4 is 14.9 Å². The first kappa shape index (κ1) is 21.1. The van der Waals surface area contributed by atoms with E-state index in [1.165, 1.54) is 13.2 Å². The van der Waals surface area contributed by atoms with E-state index in [0.29, 0.717) is 33.4 Å². The quantitative estimate of drug-likeness (QED) is 0.461. The van der Waals surface area contributed by atoms with Crippen LogP contribution in [0, 0.1) is 10.6 Å². The Kier molecular flexibility index (Phi) is 7.11. The Morgan fingerprint density at radius 3 is 2.83 bits per heavy atom. The number of halogens is 2. The van der Waals surface area contributed by atoms with Gasteiger partial charge in [-0.15, -0.1) is 0 Å². The molecule has 0 radical (unpaired) electrons. The van der Waals surface area contributed by atoms with E-state index in [-0.39, 0.29) is 12.4 Å². The Balaban J connectivity index is 1.75. The third kappa shape index (κ3) is 5.07. The number of aromatic amines is 1. The second-order valence-corrected chi connectivity index (χ2v) is 7.15. The highest BCUT2D eigenvalue weighted by atomic mass is 35.5. The molecule has 1 heterocycles. The molecule has 0 aliphatic heterocycles. The summed E-state index contributed by atoms with van der Waals surface area (Å²) in [6, 6.07) is 10.0. The molecule has 1 aromatic heterocycles. The van der Waals surface area contributed by atoms with Crippen LogP contribution >= 0.6 is 23.8 Å².